The van der Waals surface area contributed by atoms with Crippen LogP contribution in [-0.4, -0.2) is 46.5 Å². The number of hydrogen-bond donors (Lipinski definition) is 1. The monoisotopic (exact) mass is 431 g/mol. The molecule has 29 heavy (non-hydrogen) atoms. The van der Waals surface area contributed by atoms with Gasteiger partial charge in [0.05, 0.1) is 32.7 Å². The molecule has 2 aromatic heterocycles. The third-order valence-corrected chi connectivity index (χ3v) is 6.10. The van der Waals surface area contributed by atoms with Crippen LogP contribution in [0.25, 0.3) is 5.70 Å². The molecule has 1 N–H and O–H groups in total. The summed E-state index contributed by atoms with van der Waals surface area (Å²) in [6, 6.07) is 3.67. The summed E-state index contributed by atoms with van der Waals surface area (Å²) in [5, 5.41) is 6.24. The predicted molar refractivity (Wildman–Crippen MR) is 126 cm³/mol. The van der Waals surface area contributed by atoms with Crippen LogP contribution in [0.2, 0.25) is 0 Å². The molecule has 0 fully saturated rings. The van der Waals surface area contributed by atoms with Gasteiger partial charge in [-0.15, -0.1) is 23.1 Å². The lowest BCUT2D eigenvalue weighted by molar-refractivity contribution is 0.0762. The van der Waals surface area contributed by atoms with Gasteiger partial charge in [-0.3, -0.25) is 9.79 Å². The lowest BCUT2D eigenvalue weighted by Crippen LogP contribution is -2.31. The van der Waals surface area contributed by atoms with E-state index in [1.165, 1.54) is 0 Å². The Kier molecular flexibility index (Phi) is 9.34. The van der Waals surface area contributed by atoms with Gasteiger partial charge >= 0.3 is 0 Å². The fraction of sp³-hybridized carbons (Fsp3) is 0.429. The molecule has 0 spiro atoms. The molecule has 1 amide bonds. The summed E-state index contributed by atoms with van der Waals surface area (Å²) < 4.78 is 0. The average molecular weight is 432 g/mol. The molecule has 0 bridgehead atoms. The second-order valence-electron chi connectivity index (χ2n) is 6.47. The average Bonchev–Trinajstić information content (AvgIpc) is 3.06. The highest BCUT2D eigenvalue weighted by molar-refractivity contribution is 8.02. The minimum atomic E-state index is 0.0363. The van der Waals surface area contributed by atoms with E-state index in [9.17, 15) is 4.79 Å². The molecule has 0 unspecified atom stereocenters. The molecule has 6 nitrogen and oxygen atoms in total. The van der Waals surface area contributed by atoms with Crippen molar-refractivity contribution < 1.29 is 4.79 Å². The van der Waals surface area contributed by atoms with Crippen LogP contribution in [0.4, 0.5) is 5.82 Å². The van der Waals surface area contributed by atoms with Crippen LogP contribution in [0.1, 0.15) is 52.6 Å². The minimum absolute atomic E-state index is 0.0363. The lowest BCUT2D eigenvalue weighted by Gasteiger charge is -2.20. The Hall–Kier alpha value is -2.19. The molecule has 2 heterocycles. The van der Waals surface area contributed by atoms with Crippen molar-refractivity contribution >= 4 is 47.2 Å². The summed E-state index contributed by atoms with van der Waals surface area (Å²) in [6.07, 6.45) is 3.72. The third kappa shape index (κ3) is 6.68. The first-order valence-electron chi connectivity index (χ1n) is 9.72. The number of nitrogens with zero attached hydrogens (tertiary/aromatic N) is 4. The number of aliphatic imine (C=N–C) groups is 1. The normalized spacial score (nSPS) is 11.4. The molecule has 0 aromatic carbocycles. The van der Waals surface area contributed by atoms with Gasteiger partial charge in [-0.2, -0.15) is 0 Å². The quantitative estimate of drug-likeness (QED) is 0.300. The van der Waals surface area contributed by atoms with Crippen LogP contribution in [0.3, 0.4) is 0 Å². The Bertz CT molecular complexity index is 845. The van der Waals surface area contributed by atoms with Crippen molar-refractivity contribution in [2.45, 2.75) is 40.5 Å². The van der Waals surface area contributed by atoms with E-state index in [4.69, 9.17) is 0 Å². The van der Waals surface area contributed by atoms with Crippen molar-refractivity contribution in [1.29, 1.82) is 0 Å². The molecule has 0 atom stereocenters. The van der Waals surface area contributed by atoms with Crippen molar-refractivity contribution in [2.24, 2.45) is 4.99 Å². The first kappa shape index (κ1) is 23.1. The van der Waals surface area contributed by atoms with Gasteiger partial charge in [0.15, 0.2) is 0 Å². The number of hydrogen-bond acceptors (Lipinski definition) is 7. The van der Waals surface area contributed by atoms with Gasteiger partial charge in [-0.1, -0.05) is 13.3 Å². The SMILES string of the molecule is C=N/C(=C\SCNc1ccc(C(=O)N(CC)CCCC)cn1)c1sc(C)nc1C. The molecule has 2 aromatic rings. The summed E-state index contributed by atoms with van der Waals surface area (Å²) in [5.41, 5.74) is 2.43. The Balaban J connectivity index is 1.90. The maximum Gasteiger partial charge on any atom is 0.255 e. The summed E-state index contributed by atoms with van der Waals surface area (Å²) in [7, 11) is 0. The molecule has 0 aliphatic carbocycles. The number of aryl methyl sites for hydroxylation is 2. The van der Waals surface area contributed by atoms with E-state index in [2.05, 4.69) is 33.9 Å². The molecule has 0 aliphatic rings. The van der Waals surface area contributed by atoms with Crippen LogP contribution in [-0.2, 0) is 0 Å². The maximum atomic E-state index is 12.6. The topological polar surface area (TPSA) is 70.5 Å². The van der Waals surface area contributed by atoms with E-state index in [1.807, 2.05) is 43.2 Å². The lowest BCUT2D eigenvalue weighted by atomic mass is 10.2. The highest BCUT2D eigenvalue weighted by Gasteiger charge is 2.14. The van der Waals surface area contributed by atoms with Crippen molar-refractivity contribution in [2.75, 3.05) is 24.3 Å². The van der Waals surface area contributed by atoms with E-state index in [-0.39, 0.29) is 5.91 Å². The van der Waals surface area contributed by atoms with Crippen molar-refractivity contribution in [3.05, 3.63) is 44.9 Å². The minimum Gasteiger partial charge on any atom is -0.361 e. The predicted octanol–water partition coefficient (Wildman–Crippen LogP) is 5.22. The zero-order chi connectivity index (χ0) is 21.2. The van der Waals surface area contributed by atoms with Crippen LogP contribution >= 0.6 is 23.1 Å². The second-order valence-corrected chi connectivity index (χ2v) is 8.53. The van der Waals surface area contributed by atoms with E-state index in [0.29, 0.717) is 18.0 Å². The van der Waals surface area contributed by atoms with Gasteiger partial charge in [0, 0.05) is 19.3 Å². The number of carbonyl (C=O) groups excluding carboxylic acids is 1. The molecule has 156 valence electrons. The number of nitrogens with one attached hydrogen (secondary N) is 1. The molecular weight excluding hydrogens is 402 g/mol. The van der Waals surface area contributed by atoms with Gasteiger partial charge in [-0.05, 0) is 51.5 Å². The number of aromatic nitrogens is 2. The number of thioether (sulfide) groups is 1. The number of carbonyl (C=O) groups is 1. The van der Waals surface area contributed by atoms with Crippen molar-refractivity contribution in [3.8, 4) is 0 Å². The van der Waals surface area contributed by atoms with Crippen molar-refractivity contribution in [3.63, 3.8) is 0 Å². The van der Waals surface area contributed by atoms with Crippen LogP contribution in [0.5, 0.6) is 0 Å². The van der Waals surface area contributed by atoms with E-state index in [0.717, 1.165) is 46.5 Å². The fourth-order valence-electron chi connectivity index (χ4n) is 2.73. The molecule has 8 heteroatoms. The van der Waals surface area contributed by atoms with Crippen LogP contribution in [0, 0.1) is 13.8 Å². The number of rotatable bonds is 11. The third-order valence-electron chi connectivity index (χ3n) is 4.30. The van der Waals surface area contributed by atoms with Gasteiger partial charge in [0.1, 0.15) is 5.82 Å². The highest BCUT2D eigenvalue weighted by atomic mass is 32.2. The zero-order valence-electron chi connectivity index (χ0n) is 17.6. The standard InChI is InChI=1S/C21H29N5OS2/c1-6-8-11-26(7-2)21(27)17-9-10-19(23-12-17)24-14-28-13-18(22-5)20-15(3)25-16(4)29-20/h9-10,12-13H,5-8,11,14H2,1-4H3,(H,23,24)/b18-13-. The molecule has 0 saturated carbocycles. The van der Waals surface area contributed by atoms with Crippen LogP contribution in [0.15, 0.2) is 28.7 Å². The summed E-state index contributed by atoms with van der Waals surface area (Å²) in [5.74, 6) is 1.40. The summed E-state index contributed by atoms with van der Waals surface area (Å²) in [6.45, 7) is 13.3. The molecule has 0 aliphatic heterocycles. The Morgan fingerprint density at radius 1 is 1.38 bits per heavy atom. The number of unbranched alkanes of at least 4 members (excludes halogenated alkanes) is 1. The smallest absolute Gasteiger partial charge is 0.255 e. The highest BCUT2D eigenvalue weighted by Crippen LogP contribution is 2.28. The van der Waals surface area contributed by atoms with E-state index >= 15 is 0 Å². The van der Waals surface area contributed by atoms with Gasteiger partial charge < -0.3 is 10.2 Å². The Morgan fingerprint density at radius 3 is 2.72 bits per heavy atom. The summed E-state index contributed by atoms with van der Waals surface area (Å²) in [4.78, 5) is 28.4. The maximum absolute atomic E-state index is 12.6. The van der Waals surface area contributed by atoms with Gasteiger partial charge in [0.25, 0.3) is 5.91 Å². The first-order valence-corrected chi connectivity index (χ1v) is 11.6. The summed E-state index contributed by atoms with van der Waals surface area (Å²) >= 11 is 3.20. The van der Waals surface area contributed by atoms with Gasteiger partial charge in [-0.25, -0.2) is 9.97 Å². The largest absolute Gasteiger partial charge is 0.361 e. The number of anilines is 1. The zero-order valence-corrected chi connectivity index (χ0v) is 19.2. The fourth-order valence-corrected chi connectivity index (χ4v) is 4.37. The number of thiazole rings is 1. The van der Waals surface area contributed by atoms with E-state index in [1.54, 1.807) is 29.3 Å². The first-order chi connectivity index (χ1) is 14.0. The number of pyridine rings is 1. The molecule has 0 saturated heterocycles. The Morgan fingerprint density at radius 2 is 2.17 bits per heavy atom. The molecular formula is C21H29N5OS2. The van der Waals surface area contributed by atoms with Gasteiger partial charge in [0.2, 0.25) is 0 Å². The second kappa shape index (κ2) is 11.7. The molecule has 0 radical (unpaired) electrons. The van der Waals surface area contributed by atoms with E-state index < -0.39 is 0 Å². The van der Waals surface area contributed by atoms with Crippen molar-refractivity contribution in [1.82, 2.24) is 14.9 Å². The van der Waals surface area contributed by atoms with Crippen LogP contribution < -0.4 is 5.32 Å². The Labute approximate surface area is 181 Å². The molecule has 2 rings (SSSR count). The number of amides is 1.